The van der Waals surface area contributed by atoms with E-state index in [0.717, 1.165) is 6.54 Å². The number of carbonyl (C=O) groups is 2. The summed E-state index contributed by atoms with van der Waals surface area (Å²) in [4.78, 5) is 31.5. The van der Waals surface area contributed by atoms with Gasteiger partial charge in [0.25, 0.3) is 11.8 Å². The predicted octanol–water partition coefficient (Wildman–Crippen LogP) is 2.91. The van der Waals surface area contributed by atoms with E-state index in [9.17, 15) is 18.0 Å². The lowest BCUT2D eigenvalue weighted by atomic mass is 10.1. The van der Waals surface area contributed by atoms with Crippen LogP contribution in [0.2, 0.25) is 0 Å². The Morgan fingerprint density at radius 2 is 1.49 bits per heavy atom. The topological polar surface area (TPSA) is 112 Å². The molecule has 1 saturated heterocycles. The van der Waals surface area contributed by atoms with Gasteiger partial charge in [-0.05, 0) is 55.1 Å². The molecular formula is C25H27N5O4S. The number of carbonyl (C=O) groups excluding carboxylic acids is 2. The highest BCUT2D eigenvalue weighted by molar-refractivity contribution is 7.89. The fraction of sp³-hybridized carbons (Fsp3) is 0.240. The molecule has 2 aromatic carbocycles. The number of hydrogen-bond donors (Lipinski definition) is 2. The first-order valence-corrected chi connectivity index (χ1v) is 12.8. The first-order chi connectivity index (χ1) is 16.9. The second-order valence-electron chi connectivity index (χ2n) is 8.10. The molecular weight excluding hydrogens is 466 g/mol. The van der Waals surface area contributed by atoms with Crippen LogP contribution in [-0.2, 0) is 10.0 Å². The average Bonchev–Trinajstić information content (AvgIpc) is 2.89. The first kappa shape index (κ1) is 24.5. The minimum absolute atomic E-state index is 0.137. The molecule has 4 rings (SSSR count). The number of amides is 2. The number of nitrogens with one attached hydrogen (secondary N) is 2. The number of aromatic nitrogens is 1. The number of hydrogen-bond acceptors (Lipinski definition) is 6. The normalized spacial score (nSPS) is 14.9. The Balaban J connectivity index is 1.45. The smallest absolute Gasteiger partial charge is 0.257 e. The molecule has 0 bridgehead atoms. The van der Waals surface area contributed by atoms with Gasteiger partial charge in [0.2, 0.25) is 10.0 Å². The molecule has 10 heteroatoms. The van der Waals surface area contributed by atoms with Crippen LogP contribution in [0.25, 0.3) is 0 Å². The number of sulfonamides is 1. The van der Waals surface area contributed by atoms with Crippen LogP contribution in [0.3, 0.4) is 0 Å². The molecule has 1 aliphatic rings. The highest BCUT2D eigenvalue weighted by Gasteiger charge is 2.28. The van der Waals surface area contributed by atoms with Gasteiger partial charge in [-0.15, -0.1) is 0 Å². The van der Waals surface area contributed by atoms with Crippen LogP contribution in [-0.4, -0.2) is 67.1 Å². The Kier molecular flexibility index (Phi) is 7.54. The molecule has 2 amide bonds. The van der Waals surface area contributed by atoms with Crippen molar-refractivity contribution in [1.29, 1.82) is 0 Å². The third-order valence-corrected chi connectivity index (χ3v) is 7.71. The Hall–Kier alpha value is -3.60. The molecule has 0 spiro atoms. The van der Waals surface area contributed by atoms with Gasteiger partial charge in [0.15, 0.2) is 0 Å². The van der Waals surface area contributed by atoms with Crippen molar-refractivity contribution in [2.24, 2.45) is 0 Å². The van der Waals surface area contributed by atoms with Crippen LogP contribution >= 0.6 is 0 Å². The van der Waals surface area contributed by atoms with Gasteiger partial charge in [0.05, 0.1) is 10.5 Å². The van der Waals surface area contributed by atoms with Gasteiger partial charge < -0.3 is 15.5 Å². The van der Waals surface area contributed by atoms with Gasteiger partial charge in [-0.1, -0.05) is 19.1 Å². The summed E-state index contributed by atoms with van der Waals surface area (Å²) in [6, 6.07) is 16.1. The van der Waals surface area contributed by atoms with Crippen molar-refractivity contribution in [2.75, 3.05) is 43.4 Å². The first-order valence-electron chi connectivity index (χ1n) is 11.3. The SMILES string of the molecule is CCN1CCN(S(=O)(=O)c2cccc(NC(=O)c3cccc(NC(=O)c4cccnc4)c3)c2)CC1. The molecule has 0 unspecified atom stereocenters. The number of anilines is 2. The van der Waals surface area contributed by atoms with Gasteiger partial charge in [0.1, 0.15) is 0 Å². The number of rotatable bonds is 7. The van der Waals surface area contributed by atoms with E-state index in [4.69, 9.17) is 0 Å². The van der Waals surface area contributed by atoms with Gasteiger partial charge in [0, 0.05) is 55.5 Å². The molecule has 1 fully saturated rings. The van der Waals surface area contributed by atoms with E-state index < -0.39 is 15.9 Å². The van der Waals surface area contributed by atoms with E-state index >= 15 is 0 Å². The third kappa shape index (κ3) is 5.91. The van der Waals surface area contributed by atoms with Crippen molar-refractivity contribution in [2.45, 2.75) is 11.8 Å². The summed E-state index contributed by atoms with van der Waals surface area (Å²) in [5, 5.41) is 5.49. The zero-order valence-corrected chi connectivity index (χ0v) is 20.2. The average molecular weight is 494 g/mol. The zero-order chi connectivity index (χ0) is 24.8. The number of nitrogens with zero attached hydrogens (tertiary/aromatic N) is 3. The Morgan fingerprint density at radius 1 is 0.857 bits per heavy atom. The molecule has 0 atom stereocenters. The minimum Gasteiger partial charge on any atom is -0.322 e. The lowest BCUT2D eigenvalue weighted by molar-refractivity contribution is 0.101. The molecule has 35 heavy (non-hydrogen) atoms. The van der Waals surface area contributed by atoms with Crippen LogP contribution in [0.15, 0.2) is 78.0 Å². The number of piperazine rings is 1. The van der Waals surface area contributed by atoms with Crippen molar-refractivity contribution in [3.63, 3.8) is 0 Å². The highest BCUT2D eigenvalue weighted by Crippen LogP contribution is 2.22. The van der Waals surface area contributed by atoms with Crippen molar-refractivity contribution < 1.29 is 18.0 Å². The van der Waals surface area contributed by atoms with E-state index in [1.165, 1.54) is 22.6 Å². The summed E-state index contributed by atoms with van der Waals surface area (Å²) in [5.74, 6) is -0.762. The monoisotopic (exact) mass is 493 g/mol. The van der Waals surface area contributed by atoms with Crippen LogP contribution in [0, 0.1) is 0 Å². The lowest BCUT2D eigenvalue weighted by Crippen LogP contribution is -2.48. The summed E-state index contributed by atoms with van der Waals surface area (Å²) in [6.45, 7) is 5.21. The molecule has 2 N–H and O–H groups in total. The lowest BCUT2D eigenvalue weighted by Gasteiger charge is -2.33. The molecule has 1 aliphatic heterocycles. The van der Waals surface area contributed by atoms with Crippen LogP contribution in [0.5, 0.6) is 0 Å². The van der Waals surface area contributed by atoms with Gasteiger partial charge in [-0.25, -0.2) is 8.42 Å². The summed E-state index contributed by atoms with van der Waals surface area (Å²) in [7, 11) is -3.66. The van der Waals surface area contributed by atoms with Crippen molar-refractivity contribution in [1.82, 2.24) is 14.2 Å². The molecule has 2 heterocycles. The van der Waals surface area contributed by atoms with Crippen molar-refractivity contribution in [3.8, 4) is 0 Å². The molecule has 0 radical (unpaired) electrons. The Labute approximate surface area is 204 Å². The molecule has 182 valence electrons. The highest BCUT2D eigenvalue weighted by atomic mass is 32.2. The van der Waals surface area contributed by atoms with Crippen LogP contribution in [0.4, 0.5) is 11.4 Å². The fourth-order valence-corrected chi connectivity index (χ4v) is 5.28. The van der Waals surface area contributed by atoms with Crippen molar-refractivity contribution in [3.05, 3.63) is 84.2 Å². The molecule has 0 saturated carbocycles. The van der Waals surface area contributed by atoms with E-state index in [-0.39, 0.29) is 10.8 Å². The molecule has 0 aliphatic carbocycles. The van der Waals surface area contributed by atoms with E-state index in [1.807, 2.05) is 0 Å². The quantitative estimate of drug-likeness (QED) is 0.524. The van der Waals surface area contributed by atoms with Crippen LogP contribution in [0.1, 0.15) is 27.6 Å². The Morgan fingerprint density at radius 3 is 2.14 bits per heavy atom. The molecule has 1 aromatic heterocycles. The van der Waals surface area contributed by atoms with E-state index in [2.05, 4.69) is 27.4 Å². The second kappa shape index (κ2) is 10.8. The maximum absolute atomic E-state index is 13.1. The number of pyridine rings is 1. The second-order valence-corrected chi connectivity index (χ2v) is 10.0. The standard InChI is InChI=1S/C25H27N5O4S/c1-2-29-12-14-30(15-13-29)35(33,34)23-10-4-9-22(17-23)28-24(31)19-6-3-8-21(16-19)27-25(32)20-7-5-11-26-18-20/h3-11,16-18H,2,12-15H2,1H3,(H,27,32)(H,28,31). The summed E-state index contributed by atoms with van der Waals surface area (Å²) in [6.07, 6.45) is 3.03. The molecule has 3 aromatic rings. The zero-order valence-electron chi connectivity index (χ0n) is 19.3. The Bertz CT molecular complexity index is 1310. The molecule has 9 nitrogen and oxygen atoms in total. The summed E-state index contributed by atoms with van der Waals surface area (Å²) >= 11 is 0. The minimum atomic E-state index is -3.66. The largest absolute Gasteiger partial charge is 0.322 e. The van der Waals surface area contributed by atoms with Gasteiger partial charge >= 0.3 is 0 Å². The number of likely N-dealkylation sites (N-methyl/N-ethyl adjacent to an activating group) is 1. The maximum atomic E-state index is 13.1. The van der Waals surface area contributed by atoms with E-state index in [0.29, 0.717) is 48.7 Å². The third-order valence-electron chi connectivity index (χ3n) is 5.81. The number of benzene rings is 2. The summed E-state index contributed by atoms with van der Waals surface area (Å²) in [5.41, 5.74) is 1.54. The van der Waals surface area contributed by atoms with Gasteiger partial charge in [-0.2, -0.15) is 4.31 Å². The van der Waals surface area contributed by atoms with Gasteiger partial charge in [-0.3, -0.25) is 14.6 Å². The summed E-state index contributed by atoms with van der Waals surface area (Å²) < 4.78 is 27.7. The van der Waals surface area contributed by atoms with Crippen LogP contribution < -0.4 is 10.6 Å². The fourth-order valence-electron chi connectivity index (χ4n) is 3.81. The predicted molar refractivity (Wildman–Crippen MR) is 134 cm³/mol. The van der Waals surface area contributed by atoms with E-state index in [1.54, 1.807) is 54.7 Å². The maximum Gasteiger partial charge on any atom is 0.257 e. The van der Waals surface area contributed by atoms with Crippen molar-refractivity contribution >= 4 is 33.2 Å².